The van der Waals surface area contributed by atoms with Crippen LogP contribution in [0.1, 0.15) is 37.5 Å². The molecule has 0 fully saturated rings. The van der Waals surface area contributed by atoms with Gasteiger partial charge in [-0.05, 0) is 23.5 Å². The molecule has 4 nitrogen and oxygen atoms in total. The molecule has 1 atom stereocenters. The second kappa shape index (κ2) is 6.06. The van der Waals surface area contributed by atoms with Crippen LogP contribution in [-0.4, -0.2) is 29.3 Å². The van der Waals surface area contributed by atoms with E-state index < -0.39 is 6.10 Å². The van der Waals surface area contributed by atoms with E-state index in [0.29, 0.717) is 32.0 Å². The smallest absolute Gasteiger partial charge is 0.410 e. The second-order valence-electron chi connectivity index (χ2n) is 5.40. The monoisotopic (exact) mass is 263 g/mol. The van der Waals surface area contributed by atoms with Crippen LogP contribution >= 0.6 is 0 Å². The van der Waals surface area contributed by atoms with Crippen molar-refractivity contribution >= 4 is 6.09 Å². The third-order valence-electron chi connectivity index (χ3n) is 3.25. The van der Waals surface area contributed by atoms with Gasteiger partial charge >= 0.3 is 6.09 Å². The molecule has 1 unspecified atom stereocenters. The maximum absolute atomic E-state index is 12.0. The Morgan fingerprint density at radius 3 is 2.95 bits per heavy atom. The highest BCUT2D eigenvalue weighted by Gasteiger charge is 2.24. The quantitative estimate of drug-likeness (QED) is 0.892. The first-order valence-electron chi connectivity index (χ1n) is 6.75. The average molecular weight is 263 g/mol. The number of aliphatic hydroxyl groups excluding tert-OH is 1. The summed E-state index contributed by atoms with van der Waals surface area (Å²) in [6, 6.07) is 7.71. The maximum atomic E-state index is 12.0. The van der Waals surface area contributed by atoms with Crippen molar-refractivity contribution in [3.8, 4) is 0 Å². The third kappa shape index (κ3) is 3.47. The number of carbonyl (C=O) groups excluding carboxylic acids is 1. The lowest BCUT2D eigenvalue weighted by Gasteiger charge is -2.20. The lowest BCUT2D eigenvalue weighted by molar-refractivity contribution is 0.0848. The molecule has 1 aromatic rings. The van der Waals surface area contributed by atoms with Crippen molar-refractivity contribution in [3.05, 3.63) is 35.4 Å². The molecule has 0 bridgehead atoms. The van der Waals surface area contributed by atoms with Gasteiger partial charge in [0.25, 0.3) is 0 Å². The fourth-order valence-electron chi connectivity index (χ4n) is 2.21. The molecule has 0 spiro atoms. The van der Waals surface area contributed by atoms with Crippen LogP contribution in [0.5, 0.6) is 0 Å². The fourth-order valence-corrected chi connectivity index (χ4v) is 2.21. The van der Waals surface area contributed by atoms with E-state index in [1.165, 1.54) is 0 Å². The van der Waals surface area contributed by atoms with Crippen molar-refractivity contribution in [3.63, 3.8) is 0 Å². The molecule has 1 amide bonds. The number of amides is 1. The number of carbonyl (C=O) groups is 1. The van der Waals surface area contributed by atoms with Crippen LogP contribution in [0.15, 0.2) is 24.3 Å². The van der Waals surface area contributed by atoms with Gasteiger partial charge in [0.1, 0.15) is 0 Å². The molecule has 4 heteroatoms. The molecule has 1 aromatic carbocycles. The van der Waals surface area contributed by atoms with Crippen LogP contribution in [-0.2, 0) is 11.3 Å². The zero-order valence-electron chi connectivity index (χ0n) is 11.5. The molecular formula is C15H21NO3. The van der Waals surface area contributed by atoms with Gasteiger partial charge in [0.15, 0.2) is 0 Å². The van der Waals surface area contributed by atoms with E-state index in [-0.39, 0.29) is 6.09 Å². The number of rotatable bonds is 2. The number of hydrogen-bond acceptors (Lipinski definition) is 3. The molecule has 1 aliphatic heterocycles. The molecule has 104 valence electrons. The van der Waals surface area contributed by atoms with Gasteiger partial charge < -0.3 is 14.7 Å². The van der Waals surface area contributed by atoms with E-state index in [2.05, 4.69) is 0 Å². The van der Waals surface area contributed by atoms with E-state index in [9.17, 15) is 9.90 Å². The molecule has 0 aliphatic carbocycles. The SMILES string of the molecule is CC(C)COC(=O)N1CCC(O)c2ccccc2C1. The summed E-state index contributed by atoms with van der Waals surface area (Å²) in [5.41, 5.74) is 1.91. The first-order valence-corrected chi connectivity index (χ1v) is 6.75. The summed E-state index contributed by atoms with van der Waals surface area (Å²) in [7, 11) is 0. The molecule has 1 N–H and O–H groups in total. The Balaban J connectivity index is 2.08. The number of ether oxygens (including phenoxy) is 1. The van der Waals surface area contributed by atoms with Gasteiger partial charge in [0.05, 0.1) is 12.7 Å². The van der Waals surface area contributed by atoms with Gasteiger partial charge in [-0.1, -0.05) is 38.1 Å². The van der Waals surface area contributed by atoms with E-state index in [1.54, 1.807) is 4.90 Å². The van der Waals surface area contributed by atoms with Gasteiger partial charge in [-0.15, -0.1) is 0 Å². The predicted octanol–water partition coefficient (Wildman–Crippen LogP) is 2.72. The second-order valence-corrected chi connectivity index (χ2v) is 5.40. The summed E-state index contributed by atoms with van der Waals surface area (Å²) in [6.45, 7) is 5.47. The van der Waals surface area contributed by atoms with E-state index in [4.69, 9.17) is 4.74 Å². The Labute approximate surface area is 114 Å². The molecule has 1 aliphatic rings. The number of fused-ring (bicyclic) bond motifs is 1. The number of hydrogen-bond donors (Lipinski definition) is 1. The molecule has 1 heterocycles. The number of benzene rings is 1. The topological polar surface area (TPSA) is 49.8 Å². The van der Waals surface area contributed by atoms with E-state index in [0.717, 1.165) is 11.1 Å². The lowest BCUT2D eigenvalue weighted by Crippen LogP contribution is -2.32. The fraction of sp³-hybridized carbons (Fsp3) is 0.533. The Bertz CT molecular complexity index is 445. The zero-order chi connectivity index (χ0) is 13.8. The minimum Gasteiger partial charge on any atom is -0.449 e. The molecule has 0 radical (unpaired) electrons. The zero-order valence-corrected chi connectivity index (χ0v) is 11.5. The number of nitrogens with zero attached hydrogens (tertiary/aromatic N) is 1. The van der Waals surface area contributed by atoms with E-state index >= 15 is 0 Å². The highest BCUT2D eigenvalue weighted by molar-refractivity contribution is 5.67. The minimum absolute atomic E-state index is 0.294. The summed E-state index contributed by atoms with van der Waals surface area (Å²) < 4.78 is 5.25. The Kier molecular flexibility index (Phi) is 4.43. The first-order chi connectivity index (χ1) is 9.08. The maximum Gasteiger partial charge on any atom is 0.410 e. The highest BCUT2D eigenvalue weighted by Crippen LogP contribution is 2.26. The van der Waals surface area contributed by atoms with Gasteiger partial charge in [0, 0.05) is 13.1 Å². The van der Waals surface area contributed by atoms with Crippen molar-refractivity contribution < 1.29 is 14.6 Å². The summed E-state index contributed by atoms with van der Waals surface area (Å²) in [6.07, 6.45) is -0.245. The third-order valence-corrected chi connectivity index (χ3v) is 3.25. The van der Waals surface area contributed by atoms with Gasteiger partial charge in [-0.25, -0.2) is 4.79 Å². The summed E-state index contributed by atoms with van der Waals surface area (Å²) in [5, 5.41) is 10.1. The van der Waals surface area contributed by atoms with Crippen molar-refractivity contribution in [2.45, 2.75) is 32.9 Å². The molecule has 19 heavy (non-hydrogen) atoms. The van der Waals surface area contributed by atoms with Crippen LogP contribution in [0.25, 0.3) is 0 Å². The average Bonchev–Trinajstić information content (AvgIpc) is 2.56. The molecule has 0 saturated heterocycles. The highest BCUT2D eigenvalue weighted by atomic mass is 16.6. The van der Waals surface area contributed by atoms with Crippen LogP contribution in [0.4, 0.5) is 4.79 Å². The predicted molar refractivity (Wildman–Crippen MR) is 72.6 cm³/mol. The van der Waals surface area contributed by atoms with Crippen LogP contribution in [0.2, 0.25) is 0 Å². The van der Waals surface area contributed by atoms with E-state index in [1.807, 2.05) is 38.1 Å². The summed E-state index contributed by atoms with van der Waals surface area (Å²) in [4.78, 5) is 13.7. The first kappa shape index (κ1) is 13.9. The summed E-state index contributed by atoms with van der Waals surface area (Å²) >= 11 is 0. The van der Waals surface area contributed by atoms with Crippen LogP contribution in [0, 0.1) is 5.92 Å². The number of aliphatic hydroxyl groups is 1. The standard InChI is InChI=1S/C15H21NO3/c1-11(2)10-19-15(18)16-8-7-14(17)13-6-4-3-5-12(13)9-16/h3-6,11,14,17H,7-10H2,1-2H3. The molecule has 2 rings (SSSR count). The van der Waals surface area contributed by atoms with Crippen molar-refractivity contribution in [2.75, 3.05) is 13.2 Å². The van der Waals surface area contributed by atoms with Gasteiger partial charge in [-0.3, -0.25) is 0 Å². The molecule has 0 saturated carbocycles. The van der Waals surface area contributed by atoms with Gasteiger partial charge in [-0.2, -0.15) is 0 Å². The Morgan fingerprint density at radius 2 is 2.21 bits per heavy atom. The Hall–Kier alpha value is -1.55. The molecular weight excluding hydrogens is 242 g/mol. The molecule has 0 aromatic heterocycles. The largest absolute Gasteiger partial charge is 0.449 e. The van der Waals surface area contributed by atoms with Crippen LogP contribution in [0.3, 0.4) is 0 Å². The summed E-state index contributed by atoms with van der Waals surface area (Å²) in [5.74, 6) is 0.328. The van der Waals surface area contributed by atoms with Crippen molar-refractivity contribution in [2.24, 2.45) is 5.92 Å². The van der Waals surface area contributed by atoms with Crippen molar-refractivity contribution in [1.82, 2.24) is 4.90 Å². The lowest BCUT2D eigenvalue weighted by atomic mass is 10.0. The minimum atomic E-state index is -0.501. The normalized spacial score (nSPS) is 18.9. The van der Waals surface area contributed by atoms with Crippen LogP contribution < -0.4 is 0 Å². The Morgan fingerprint density at radius 1 is 1.47 bits per heavy atom. The van der Waals surface area contributed by atoms with Gasteiger partial charge in [0.2, 0.25) is 0 Å². The van der Waals surface area contributed by atoms with Crippen molar-refractivity contribution in [1.29, 1.82) is 0 Å².